The number of hydrogen-bond acceptors (Lipinski definition) is 4. The van der Waals surface area contributed by atoms with Crippen molar-refractivity contribution in [2.75, 3.05) is 13.6 Å². The lowest BCUT2D eigenvalue weighted by Gasteiger charge is -1.86. The Morgan fingerprint density at radius 3 is 3.17 bits per heavy atom. The topological polar surface area (TPSA) is 45.2 Å². The van der Waals surface area contributed by atoms with Crippen LogP contribution in [0.4, 0.5) is 0 Å². The van der Waals surface area contributed by atoms with Crippen molar-refractivity contribution >= 4 is 17.4 Å². The van der Waals surface area contributed by atoms with Crippen molar-refractivity contribution in [2.24, 2.45) is 0 Å². The van der Waals surface area contributed by atoms with E-state index >= 15 is 0 Å². The minimum atomic E-state index is 0.0242. The summed E-state index contributed by atoms with van der Waals surface area (Å²) in [5.74, 6) is 0. The van der Waals surface area contributed by atoms with Gasteiger partial charge in [-0.2, -0.15) is 0 Å². The van der Waals surface area contributed by atoms with Crippen LogP contribution < -0.4 is 5.32 Å². The van der Waals surface area contributed by atoms with Crippen molar-refractivity contribution in [3.05, 3.63) is 22.2 Å². The van der Waals surface area contributed by atoms with Crippen molar-refractivity contribution in [2.45, 2.75) is 6.61 Å². The molecule has 0 aromatic carbocycles. The Bertz CT molecular complexity index is 257. The summed E-state index contributed by atoms with van der Waals surface area (Å²) in [5, 5.41) is 14.5. The quantitative estimate of drug-likeness (QED) is 0.729. The molecule has 1 aromatic rings. The molecule has 0 atom stereocenters. The summed E-state index contributed by atoms with van der Waals surface area (Å²) in [4.78, 5) is 4.15. The van der Waals surface area contributed by atoms with E-state index in [0.717, 1.165) is 17.2 Å². The molecule has 1 heterocycles. The van der Waals surface area contributed by atoms with Gasteiger partial charge in [0.1, 0.15) is 5.01 Å². The Kier molecular flexibility index (Phi) is 3.93. The highest BCUT2D eigenvalue weighted by Crippen LogP contribution is 2.10. The van der Waals surface area contributed by atoms with Gasteiger partial charge in [-0.3, -0.25) is 0 Å². The molecule has 0 aliphatic rings. The van der Waals surface area contributed by atoms with E-state index in [0.29, 0.717) is 0 Å². The maximum Gasteiger partial charge on any atom is 0.116 e. The first kappa shape index (κ1) is 9.38. The van der Waals surface area contributed by atoms with E-state index in [1.54, 1.807) is 0 Å². The lowest BCUT2D eigenvalue weighted by Crippen LogP contribution is -2.03. The third-order valence-corrected chi connectivity index (χ3v) is 2.17. The lowest BCUT2D eigenvalue weighted by molar-refractivity contribution is 0.277. The molecule has 66 valence electrons. The van der Waals surface area contributed by atoms with Gasteiger partial charge >= 0.3 is 0 Å². The number of aliphatic hydroxyl groups is 1. The van der Waals surface area contributed by atoms with Crippen LogP contribution in [0.1, 0.15) is 10.7 Å². The van der Waals surface area contributed by atoms with Gasteiger partial charge in [-0.1, -0.05) is 6.08 Å². The molecule has 0 amide bonds. The average Bonchev–Trinajstić information content (AvgIpc) is 2.53. The first-order chi connectivity index (χ1) is 5.86. The zero-order valence-electron chi connectivity index (χ0n) is 6.95. The molecule has 2 N–H and O–H groups in total. The molecule has 0 spiro atoms. The second-order valence-corrected chi connectivity index (χ2v) is 3.18. The van der Waals surface area contributed by atoms with Crippen molar-refractivity contribution in [3.63, 3.8) is 0 Å². The van der Waals surface area contributed by atoms with Gasteiger partial charge in [0.25, 0.3) is 0 Å². The molecular formula is C8H12N2OS. The number of thiazole rings is 1. The third-order valence-electron chi connectivity index (χ3n) is 1.31. The Hall–Kier alpha value is -0.710. The summed E-state index contributed by atoms with van der Waals surface area (Å²) in [6.45, 7) is 0.865. The van der Waals surface area contributed by atoms with Gasteiger partial charge in [-0.15, -0.1) is 11.3 Å². The first-order valence-electron chi connectivity index (χ1n) is 3.73. The van der Waals surface area contributed by atoms with E-state index < -0.39 is 0 Å². The summed E-state index contributed by atoms with van der Waals surface area (Å²) in [6.07, 6.45) is 3.94. The fourth-order valence-corrected chi connectivity index (χ4v) is 1.48. The third kappa shape index (κ3) is 2.73. The molecule has 4 heteroatoms. The molecule has 12 heavy (non-hydrogen) atoms. The highest BCUT2D eigenvalue weighted by Gasteiger charge is 1.95. The lowest BCUT2D eigenvalue weighted by atomic mass is 10.5. The van der Waals surface area contributed by atoms with Crippen molar-refractivity contribution < 1.29 is 5.11 Å². The van der Waals surface area contributed by atoms with Gasteiger partial charge < -0.3 is 10.4 Å². The summed E-state index contributed by atoms with van der Waals surface area (Å²) in [5.41, 5.74) is 0.740. The summed E-state index contributed by atoms with van der Waals surface area (Å²) < 4.78 is 0. The van der Waals surface area contributed by atoms with Crippen LogP contribution in [0.15, 0.2) is 11.5 Å². The second-order valence-electron chi connectivity index (χ2n) is 2.30. The molecule has 0 bridgehead atoms. The highest BCUT2D eigenvalue weighted by atomic mass is 32.1. The number of rotatable bonds is 4. The molecule has 0 saturated heterocycles. The van der Waals surface area contributed by atoms with E-state index in [1.165, 1.54) is 11.3 Å². The molecule has 0 radical (unpaired) electrons. The minimum Gasteiger partial charge on any atom is -0.390 e. The van der Waals surface area contributed by atoms with E-state index in [1.807, 2.05) is 24.6 Å². The Balaban J connectivity index is 2.51. The van der Waals surface area contributed by atoms with Crippen LogP contribution in [0.25, 0.3) is 6.08 Å². The van der Waals surface area contributed by atoms with Crippen molar-refractivity contribution in [1.29, 1.82) is 0 Å². The zero-order chi connectivity index (χ0) is 8.81. The van der Waals surface area contributed by atoms with Gasteiger partial charge in [0, 0.05) is 11.9 Å². The average molecular weight is 184 g/mol. The van der Waals surface area contributed by atoms with Crippen LogP contribution in [0, 0.1) is 0 Å². The van der Waals surface area contributed by atoms with E-state index in [-0.39, 0.29) is 6.61 Å². The smallest absolute Gasteiger partial charge is 0.116 e. The van der Waals surface area contributed by atoms with Gasteiger partial charge in [0.05, 0.1) is 12.3 Å². The number of hydrogen-bond donors (Lipinski definition) is 2. The minimum absolute atomic E-state index is 0.0242. The Morgan fingerprint density at radius 2 is 2.58 bits per heavy atom. The summed E-state index contributed by atoms with van der Waals surface area (Å²) in [7, 11) is 1.89. The van der Waals surface area contributed by atoms with Crippen molar-refractivity contribution in [3.8, 4) is 0 Å². The normalized spacial score (nSPS) is 11.2. The van der Waals surface area contributed by atoms with Gasteiger partial charge in [-0.25, -0.2) is 4.98 Å². The molecule has 0 unspecified atom stereocenters. The van der Waals surface area contributed by atoms with Crippen LogP contribution >= 0.6 is 11.3 Å². The predicted molar refractivity (Wildman–Crippen MR) is 51.0 cm³/mol. The summed E-state index contributed by atoms with van der Waals surface area (Å²) >= 11 is 1.54. The standard InChI is InChI=1S/C8H12N2OS/c1-9-4-2-3-8-10-7(5-11)6-12-8/h2-3,6,9,11H,4-5H2,1H3. The predicted octanol–water partition coefficient (Wildman–Crippen LogP) is 0.868. The number of nitrogens with one attached hydrogen (secondary N) is 1. The maximum absolute atomic E-state index is 8.73. The Labute approximate surface area is 75.8 Å². The number of aliphatic hydroxyl groups excluding tert-OH is 1. The van der Waals surface area contributed by atoms with Crippen LogP contribution in [-0.4, -0.2) is 23.7 Å². The molecule has 1 rings (SSSR count). The van der Waals surface area contributed by atoms with Crippen LogP contribution in [0.3, 0.4) is 0 Å². The Morgan fingerprint density at radius 1 is 1.75 bits per heavy atom. The highest BCUT2D eigenvalue weighted by molar-refractivity contribution is 7.10. The molecule has 0 aliphatic carbocycles. The SMILES string of the molecule is CNCC=Cc1nc(CO)cs1. The number of nitrogens with zero attached hydrogens (tertiary/aromatic N) is 1. The fourth-order valence-electron chi connectivity index (χ4n) is 0.749. The molecule has 0 aliphatic heterocycles. The molecular weight excluding hydrogens is 172 g/mol. The number of likely N-dealkylation sites (N-methyl/N-ethyl adjacent to an activating group) is 1. The zero-order valence-corrected chi connectivity index (χ0v) is 7.77. The second kappa shape index (κ2) is 5.03. The monoisotopic (exact) mass is 184 g/mol. The molecule has 0 saturated carbocycles. The van der Waals surface area contributed by atoms with Gasteiger partial charge in [0.2, 0.25) is 0 Å². The summed E-state index contributed by atoms with van der Waals surface area (Å²) in [6, 6.07) is 0. The van der Waals surface area contributed by atoms with Crippen LogP contribution in [0.5, 0.6) is 0 Å². The molecule has 1 aromatic heterocycles. The van der Waals surface area contributed by atoms with E-state index in [2.05, 4.69) is 10.3 Å². The largest absolute Gasteiger partial charge is 0.390 e. The fraction of sp³-hybridized carbons (Fsp3) is 0.375. The molecule has 0 fully saturated rings. The first-order valence-corrected chi connectivity index (χ1v) is 4.61. The van der Waals surface area contributed by atoms with Gasteiger partial charge in [0.15, 0.2) is 0 Å². The van der Waals surface area contributed by atoms with Crippen LogP contribution in [-0.2, 0) is 6.61 Å². The van der Waals surface area contributed by atoms with Crippen molar-refractivity contribution in [1.82, 2.24) is 10.3 Å². The van der Waals surface area contributed by atoms with Gasteiger partial charge in [-0.05, 0) is 13.1 Å². The molecule has 3 nitrogen and oxygen atoms in total. The van der Waals surface area contributed by atoms with E-state index in [4.69, 9.17) is 5.11 Å². The van der Waals surface area contributed by atoms with E-state index in [9.17, 15) is 0 Å². The van der Waals surface area contributed by atoms with Crippen LogP contribution in [0.2, 0.25) is 0 Å². The maximum atomic E-state index is 8.73. The number of aromatic nitrogens is 1.